The number of piperidine rings is 1. The molecule has 11 nitrogen and oxygen atoms in total. The molecule has 182 valence electrons. The second kappa shape index (κ2) is 12.4. The van der Waals surface area contributed by atoms with E-state index in [0.717, 1.165) is 6.42 Å². The zero-order chi connectivity index (χ0) is 24.5. The van der Waals surface area contributed by atoms with Crippen LogP contribution in [0, 0.1) is 5.92 Å². The molecular weight excluding hydrogens is 418 g/mol. The minimum Gasteiger partial charge on any atom is -0.444 e. The van der Waals surface area contributed by atoms with Crippen LogP contribution >= 0.6 is 0 Å². The third-order valence-corrected chi connectivity index (χ3v) is 5.16. The lowest BCUT2D eigenvalue weighted by atomic mass is 9.89. The largest absolute Gasteiger partial charge is 0.444 e. The van der Waals surface area contributed by atoms with Crippen LogP contribution in [0.25, 0.3) is 0 Å². The number of nitrogens with one attached hydrogen (secondary N) is 3. The van der Waals surface area contributed by atoms with Gasteiger partial charge in [0.15, 0.2) is 0 Å². The minimum absolute atomic E-state index is 0.259. The standard InChI is InChI=1S/C21H37N5O6/c1-6-7-14(23-5)17(28)19(30)24-12-15(27)25-16(18(22)29)13-8-10-26(11-9-13)20(31)32-21(2,3)4/h13-14,16,23H,6-12H2,1-5H3,(H2,22,29)(H,24,30)(H,25,27). The number of primary amides is 1. The normalized spacial score (nSPS) is 16.6. The molecule has 0 bridgehead atoms. The van der Waals surface area contributed by atoms with Crippen molar-refractivity contribution in [1.29, 1.82) is 0 Å². The molecule has 1 aliphatic heterocycles. The van der Waals surface area contributed by atoms with Crippen molar-refractivity contribution in [2.75, 3.05) is 26.7 Å². The Morgan fingerprint density at radius 2 is 1.72 bits per heavy atom. The fourth-order valence-electron chi connectivity index (χ4n) is 3.49. The summed E-state index contributed by atoms with van der Waals surface area (Å²) in [4.78, 5) is 62.1. The SMILES string of the molecule is CCCC(NC)C(=O)C(=O)NCC(=O)NC(C(N)=O)C1CCN(C(=O)OC(C)(C)C)CC1. The van der Waals surface area contributed by atoms with Gasteiger partial charge in [-0.05, 0) is 53.0 Å². The molecule has 2 unspecified atom stereocenters. The molecule has 0 spiro atoms. The third kappa shape index (κ3) is 8.81. The molecule has 0 radical (unpaired) electrons. The third-order valence-electron chi connectivity index (χ3n) is 5.16. The molecule has 5 N–H and O–H groups in total. The molecule has 1 rings (SSSR count). The van der Waals surface area contributed by atoms with Crippen molar-refractivity contribution in [2.45, 2.75) is 71.1 Å². The van der Waals surface area contributed by atoms with Gasteiger partial charge in [0.25, 0.3) is 5.91 Å². The van der Waals surface area contributed by atoms with Gasteiger partial charge >= 0.3 is 6.09 Å². The van der Waals surface area contributed by atoms with Gasteiger partial charge in [-0.2, -0.15) is 0 Å². The molecule has 0 aromatic carbocycles. The van der Waals surface area contributed by atoms with Crippen LogP contribution in [0.1, 0.15) is 53.4 Å². The molecule has 1 saturated heterocycles. The molecule has 32 heavy (non-hydrogen) atoms. The van der Waals surface area contributed by atoms with Crippen molar-refractivity contribution in [3.63, 3.8) is 0 Å². The molecule has 1 aliphatic rings. The zero-order valence-electron chi connectivity index (χ0n) is 19.7. The summed E-state index contributed by atoms with van der Waals surface area (Å²) in [6.45, 7) is 7.53. The molecule has 4 amide bonds. The summed E-state index contributed by atoms with van der Waals surface area (Å²) < 4.78 is 5.35. The summed E-state index contributed by atoms with van der Waals surface area (Å²) >= 11 is 0. The number of rotatable bonds is 10. The summed E-state index contributed by atoms with van der Waals surface area (Å²) in [6, 6.07) is -1.56. The first-order valence-electron chi connectivity index (χ1n) is 11.0. The Labute approximate surface area is 189 Å². The summed E-state index contributed by atoms with van der Waals surface area (Å²) in [6.07, 6.45) is 1.71. The van der Waals surface area contributed by atoms with Crippen LogP contribution in [0.3, 0.4) is 0 Å². The number of amides is 4. The summed E-state index contributed by atoms with van der Waals surface area (Å²) in [5.74, 6) is -3.10. The molecular formula is C21H37N5O6. The first-order chi connectivity index (χ1) is 14.9. The molecule has 0 aliphatic carbocycles. The number of carbonyl (C=O) groups is 5. The smallest absolute Gasteiger partial charge is 0.410 e. The highest BCUT2D eigenvalue weighted by atomic mass is 16.6. The maximum atomic E-state index is 12.3. The van der Waals surface area contributed by atoms with E-state index in [2.05, 4.69) is 16.0 Å². The minimum atomic E-state index is -0.943. The number of ketones is 1. The fourth-order valence-corrected chi connectivity index (χ4v) is 3.49. The molecule has 0 aromatic heterocycles. The Balaban J connectivity index is 2.57. The van der Waals surface area contributed by atoms with Gasteiger partial charge < -0.3 is 31.3 Å². The second-order valence-electron chi connectivity index (χ2n) is 8.93. The number of hydrogen-bond donors (Lipinski definition) is 4. The van der Waals surface area contributed by atoms with E-state index in [4.69, 9.17) is 10.5 Å². The Morgan fingerprint density at radius 3 is 2.19 bits per heavy atom. The average molecular weight is 456 g/mol. The van der Waals surface area contributed by atoms with Gasteiger partial charge in [-0.15, -0.1) is 0 Å². The van der Waals surface area contributed by atoms with Crippen LogP contribution in [0.5, 0.6) is 0 Å². The molecule has 11 heteroatoms. The highest BCUT2D eigenvalue weighted by Crippen LogP contribution is 2.22. The van der Waals surface area contributed by atoms with E-state index in [0.29, 0.717) is 32.4 Å². The first-order valence-corrected chi connectivity index (χ1v) is 11.0. The van der Waals surface area contributed by atoms with Gasteiger partial charge in [0.2, 0.25) is 17.6 Å². The number of likely N-dealkylation sites (N-methyl/N-ethyl adjacent to an activating group) is 1. The Morgan fingerprint density at radius 1 is 1.12 bits per heavy atom. The van der Waals surface area contributed by atoms with Crippen molar-refractivity contribution < 1.29 is 28.7 Å². The van der Waals surface area contributed by atoms with Gasteiger partial charge in [0.05, 0.1) is 12.6 Å². The lowest BCUT2D eigenvalue weighted by Crippen LogP contribution is -2.55. The Kier molecular flexibility index (Phi) is 10.6. The topological polar surface area (TPSA) is 160 Å². The molecule has 0 saturated carbocycles. The number of likely N-dealkylation sites (tertiary alicyclic amines) is 1. The zero-order valence-corrected chi connectivity index (χ0v) is 19.7. The predicted octanol–water partition coefficient (Wildman–Crippen LogP) is -0.323. The Hall–Kier alpha value is -2.69. The van der Waals surface area contributed by atoms with Crippen LogP contribution in [0.4, 0.5) is 4.79 Å². The number of ether oxygens (including phenoxy) is 1. The van der Waals surface area contributed by atoms with Gasteiger partial charge in [-0.1, -0.05) is 13.3 Å². The van der Waals surface area contributed by atoms with Crippen LogP contribution in [0.15, 0.2) is 0 Å². The summed E-state index contributed by atoms with van der Waals surface area (Å²) in [5.41, 5.74) is 4.88. The van der Waals surface area contributed by atoms with Crippen molar-refractivity contribution in [2.24, 2.45) is 11.7 Å². The molecule has 1 fully saturated rings. The van der Waals surface area contributed by atoms with Crippen LogP contribution in [0.2, 0.25) is 0 Å². The van der Waals surface area contributed by atoms with Gasteiger partial charge in [-0.25, -0.2) is 4.79 Å². The number of nitrogens with two attached hydrogens (primary N) is 1. The molecule has 2 atom stereocenters. The van der Waals surface area contributed by atoms with Gasteiger partial charge in [0, 0.05) is 13.1 Å². The van der Waals surface area contributed by atoms with Crippen LogP contribution < -0.4 is 21.7 Å². The molecule has 1 heterocycles. The van der Waals surface area contributed by atoms with E-state index in [1.807, 2.05) is 6.92 Å². The van der Waals surface area contributed by atoms with E-state index >= 15 is 0 Å². The number of hydrogen-bond acceptors (Lipinski definition) is 7. The van der Waals surface area contributed by atoms with E-state index in [9.17, 15) is 24.0 Å². The average Bonchev–Trinajstić information content (AvgIpc) is 2.72. The van der Waals surface area contributed by atoms with E-state index < -0.39 is 53.8 Å². The quantitative estimate of drug-likeness (QED) is 0.328. The maximum Gasteiger partial charge on any atom is 0.410 e. The predicted molar refractivity (Wildman–Crippen MR) is 117 cm³/mol. The second-order valence-corrected chi connectivity index (χ2v) is 8.93. The Bertz CT molecular complexity index is 697. The van der Waals surface area contributed by atoms with Crippen LogP contribution in [-0.2, 0) is 23.9 Å². The van der Waals surface area contributed by atoms with E-state index in [1.165, 1.54) is 0 Å². The van der Waals surface area contributed by atoms with Crippen molar-refractivity contribution in [3.05, 3.63) is 0 Å². The van der Waals surface area contributed by atoms with Crippen molar-refractivity contribution in [1.82, 2.24) is 20.9 Å². The van der Waals surface area contributed by atoms with Crippen LogP contribution in [-0.4, -0.2) is 78.9 Å². The van der Waals surface area contributed by atoms with Gasteiger partial charge in [0.1, 0.15) is 11.6 Å². The highest BCUT2D eigenvalue weighted by molar-refractivity contribution is 6.38. The summed E-state index contributed by atoms with van der Waals surface area (Å²) in [5, 5.41) is 7.60. The monoisotopic (exact) mass is 455 g/mol. The van der Waals surface area contributed by atoms with E-state index in [-0.39, 0.29) is 5.92 Å². The maximum absolute atomic E-state index is 12.3. The number of nitrogens with zero attached hydrogens (tertiary/aromatic N) is 1. The fraction of sp³-hybridized carbons (Fsp3) is 0.762. The van der Waals surface area contributed by atoms with Gasteiger partial charge in [-0.3, -0.25) is 19.2 Å². The lowest BCUT2D eigenvalue weighted by Gasteiger charge is -2.36. The lowest BCUT2D eigenvalue weighted by molar-refractivity contribution is -0.139. The van der Waals surface area contributed by atoms with E-state index in [1.54, 1.807) is 32.7 Å². The van der Waals surface area contributed by atoms with Crippen molar-refractivity contribution >= 4 is 29.6 Å². The highest BCUT2D eigenvalue weighted by Gasteiger charge is 2.34. The first kappa shape index (κ1) is 27.3. The number of carbonyl (C=O) groups excluding carboxylic acids is 5. The summed E-state index contributed by atoms with van der Waals surface area (Å²) in [7, 11) is 1.59. The van der Waals surface area contributed by atoms with Crippen molar-refractivity contribution in [3.8, 4) is 0 Å². The number of Topliss-reactive ketones (excluding diaryl/α,β-unsaturated/α-hetero) is 1. The molecule has 0 aromatic rings.